The van der Waals surface area contributed by atoms with Crippen molar-refractivity contribution in [2.45, 2.75) is 59.8 Å². The Balaban J connectivity index is 0.000000180. The first-order chi connectivity index (χ1) is 30.4. The Labute approximate surface area is 367 Å². The van der Waals surface area contributed by atoms with Crippen molar-refractivity contribution in [3.05, 3.63) is 222 Å². The van der Waals surface area contributed by atoms with Crippen LogP contribution < -0.4 is 0 Å². The highest BCUT2D eigenvalue weighted by Crippen LogP contribution is 2.56. The monoisotopic (exact) mass is 811 g/mol. The smallest absolute Gasteiger partial charge is 0.116 e. The molecule has 0 amide bonds. The molecule has 0 fully saturated rings. The molecule has 0 saturated carbocycles. The van der Waals surface area contributed by atoms with Crippen LogP contribution in [-0.4, -0.2) is 14.8 Å². The highest BCUT2D eigenvalue weighted by molar-refractivity contribution is 6.09. The summed E-state index contributed by atoms with van der Waals surface area (Å²) in [5, 5.41) is 26.8. The molecule has 62 heavy (non-hydrogen) atoms. The summed E-state index contributed by atoms with van der Waals surface area (Å²) in [6, 6.07) is 69.3. The molecule has 11 rings (SSSR count). The Bertz CT molecular complexity index is 2880. The molecule has 3 heteroatoms. The van der Waals surface area contributed by atoms with Crippen molar-refractivity contribution in [1.29, 1.82) is 0 Å². The summed E-state index contributed by atoms with van der Waals surface area (Å²) >= 11 is 0. The van der Waals surface area contributed by atoms with E-state index >= 15 is 0 Å². The van der Waals surface area contributed by atoms with Gasteiger partial charge in [0.15, 0.2) is 0 Å². The van der Waals surface area contributed by atoms with Gasteiger partial charge in [-0.05, 0) is 116 Å². The van der Waals surface area contributed by atoms with E-state index in [2.05, 4.69) is 196 Å². The molecule has 2 N–H and O–H groups in total. The van der Waals surface area contributed by atoms with Crippen LogP contribution in [0.25, 0.3) is 60.2 Å². The van der Waals surface area contributed by atoms with Crippen molar-refractivity contribution < 1.29 is 10.2 Å². The largest absolute Gasteiger partial charge is 0.508 e. The number of rotatable bonds is 3. The van der Waals surface area contributed by atoms with Crippen molar-refractivity contribution in [2.24, 2.45) is 0 Å². The molecular weight excluding hydrogens is 755 g/mol. The van der Waals surface area contributed by atoms with Gasteiger partial charge in [-0.1, -0.05) is 194 Å². The average molecular weight is 812 g/mol. The second kappa shape index (κ2) is 19.5. The molecule has 9 aromatic carbocycles. The summed E-state index contributed by atoms with van der Waals surface area (Å²) in [5.41, 5.74) is 10.6. The van der Waals surface area contributed by atoms with Crippen LogP contribution >= 0.6 is 0 Å². The molecular formula is C59H57NO2. The maximum atomic E-state index is 10.0. The summed E-state index contributed by atoms with van der Waals surface area (Å²) in [6.45, 7) is 12.5. The third-order valence-corrected chi connectivity index (χ3v) is 11.1. The first-order valence-corrected chi connectivity index (χ1v) is 22.1. The number of phenolic OH excluding ortho intramolecular Hbond substituents is 2. The Hall–Kier alpha value is -7.10. The summed E-state index contributed by atoms with van der Waals surface area (Å²) in [5.74, 6) is 0.545. The number of nitrogens with zero attached hydrogens (tertiary/aromatic N) is 1. The average Bonchev–Trinajstić information content (AvgIpc) is 3.81. The second-order valence-corrected chi connectivity index (χ2v) is 15.5. The van der Waals surface area contributed by atoms with Crippen molar-refractivity contribution in [3.63, 3.8) is 0 Å². The number of phenols is 2. The topological polar surface area (TPSA) is 45.4 Å². The van der Waals surface area contributed by atoms with Crippen LogP contribution in [0.4, 0.5) is 0 Å². The third-order valence-electron chi connectivity index (χ3n) is 11.1. The summed E-state index contributed by atoms with van der Waals surface area (Å²) in [4.78, 5) is 0. The van der Waals surface area contributed by atoms with Crippen LogP contribution in [0.2, 0.25) is 0 Å². The predicted octanol–water partition coefficient (Wildman–Crippen LogP) is 16.4. The van der Waals surface area contributed by atoms with Crippen molar-refractivity contribution in [2.75, 3.05) is 0 Å². The zero-order valence-corrected chi connectivity index (χ0v) is 36.8. The lowest BCUT2D eigenvalue weighted by molar-refractivity contribution is 0.475. The molecule has 0 aliphatic heterocycles. The van der Waals surface area contributed by atoms with Crippen LogP contribution in [0.15, 0.2) is 200 Å². The third kappa shape index (κ3) is 8.07. The van der Waals surface area contributed by atoms with Gasteiger partial charge >= 0.3 is 0 Å². The van der Waals surface area contributed by atoms with Gasteiger partial charge in [-0.25, -0.2) is 0 Å². The van der Waals surface area contributed by atoms with E-state index < -0.39 is 5.41 Å². The summed E-state index contributed by atoms with van der Waals surface area (Å²) < 4.78 is 2.32. The number of hydrogen-bond acceptors (Lipinski definition) is 2. The van der Waals surface area contributed by atoms with Gasteiger partial charge in [0, 0.05) is 16.5 Å². The molecule has 10 aromatic rings. The molecule has 0 bridgehead atoms. The minimum atomic E-state index is -0.495. The number of aromatic nitrogens is 1. The van der Waals surface area contributed by atoms with Crippen molar-refractivity contribution in [3.8, 4) is 28.3 Å². The highest BCUT2D eigenvalue weighted by Gasteiger charge is 2.46. The Morgan fingerprint density at radius 1 is 0.387 bits per heavy atom. The zero-order chi connectivity index (χ0) is 43.6. The van der Waals surface area contributed by atoms with Gasteiger partial charge in [-0.2, -0.15) is 0 Å². The van der Waals surface area contributed by atoms with E-state index in [1.807, 2.05) is 38.1 Å². The molecule has 0 unspecified atom stereocenters. The van der Waals surface area contributed by atoms with Gasteiger partial charge in [0.1, 0.15) is 11.5 Å². The molecule has 0 radical (unpaired) electrons. The SMILES string of the molecule is CC.CCC.CCC.Oc1ccc2cc(C3(c4ccc5cc(O)ccc5c4)c4ccccc4-c4ccccc43)ccc2c1.c1ccc(-n2c3ccccc3c3ccccc32)cc1. The van der Waals surface area contributed by atoms with Crippen LogP contribution in [0.1, 0.15) is 76.6 Å². The van der Waals surface area contributed by atoms with E-state index in [0.29, 0.717) is 0 Å². The Kier molecular flexibility index (Phi) is 13.5. The van der Waals surface area contributed by atoms with E-state index in [9.17, 15) is 10.2 Å². The molecule has 310 valence electrons. The molecule has 0 atom stereocenters. The number of para-hydroxylation sites is 3. The van der Waals surface area contributed by atoms with Crippen LogP contribution in [0, 0.1) is 0 Å². The van der Waals surface area contributed by atoms with Crippen molar-refractivity contribution >= 4 is 43.4 Å². The quantitative estimate of drug-likeness (QED) is 0.187. The summed E-state index contributed by atoms with van der Waals surface area (Å²) in [7, 11) is 0. The summed E-state index contributed by atoms with van der Waals surface area (Å²) in [6.07, 6.45) is 2.50. The standard InChI is InChI=1S/C33H22O2.C18H13N.2C3H8.C2H6/c34-27-15-11-21-17-25(13-9-23(21)19-27)33(26-14-10-24-20-28(35)16-12-22(24)18-26)31-7-3-1-5-29(31)30-6-2-4-8-32(30)33;1-2-8-14(9-3-1)19-17-12-6-4-10-15(17)16-11-5-7-13-18(16)19;2*1-3-2;1-2/h1-20,34-35H;1-13H;2*3H2,1-2H3;1-2H3. The molecule has 1 aromatic heterocycles. The lowest BCUT2D eigenvalue weighted by Gasteiger charge is -2.34. The van der Waals surface area contributed by atoms with Gasteiger partial charge in [-0.3, -0.25) is 0 Å². The first kappa shape index (κ1) is 43.0. The molecule has 1 aliphatic rings. The normalized spacial score (nSPS) is 11.8. The molecule has 1 heterocycles. The lowest BCUT2D eigenvalue weighted by atomic mass is 9.67. The fourth-order valence-electron chi connectivity index (χ4n) is 8.73. The van der Waals surface area contributed by atoms with Gasteiger partial charge in [0.25, 0.3) is 0 Å². The molecule has 0 saturated heterocycles. The second-order valence-electron chi connectivity index (χ2n) is 15.5. The zero-order valence-electron chi connectivity index (χ0n) is 36.8. The van der Waals surface area contributed by atoms with Gasteiger partial charge < -0.3 is 14.8 Å². The van der Waals surface area contributed by atoms with E-state index in [1.165, 1.54) is 73.7 Å². The number of fused-ring (bicyclic) bond motifs is 8. The van der Waals surface area contributed by atoms with Crippen LogP contribution in [-0.2, 0) is 5.41 Å². The van der Waals surface area contributed by atoms with Crippen LogP contribution in [0.5, 0.6) is 11.5 Å². The fraction of sp³-hybridized carbons (Fsp3) is 0.153. The Morgan fingerprint density at radius 3 is 1.19 bits per heavy atom. The molecule has 0 spiro atoms. The number of aromatic hydroxyl groups is 2. The minimum Gasteiger partial charge on any atom is -0.508 e. The lowest BCUT2D eigenvalue weighted by Crippen LogP contribution is -2.28. The van der Waals surface area contributed by atoms with E-state index in [1.54, 1.807) is 12.1 Å². The maximum absolute atomic E-state index is 10.0. The fourth-order valence-corrected chi connectivity index (χ4v) is 8.73. The van der Waals surface area contributed by atoms with Gasteiger partial charge in [0.2, 0.25) is 0 Å². The minimum absolute atomic E-state index is 0.273. The molecule has 1 aliphatic carbocycles. The number of hydrogen-bond donors (Lipinski definition) is 2. The van der Waals surface area contributed by atoms with E-state index in [0.717, 1.165) is 21.5 Å². The molecule has 3 nitrogen and oxygen atoms in total. The van der Waals surface area contributed by atoms with Gasteiger partial charge in [-0.15, -0.1) is 0 Å². The maximum Gasteiger partial charge on any atom is 0.116 e. The van der Waals surface area contributed by atoms with Gasteiger partial charge in [0.05, 0.1) is 16.4 Å². The van der Waals surface area contributed by atoms with E-state index in [-0.39, 0.29) is 11.5 Å². The Morgan fingerprint density at radius 2 is 0.742 bits per heavy atom. The van der Waals surface area contributed by atoms with E-state index in [4.69, 9.17) is 0 Å². The van der Waals surface area contributed by atoms with Crippen molar-refractivity contribution in [1.82, 2.24) is 4.57 Å². The predicted molar refractivity (Wildman–Crippen MR) is 266 cm³/mol. The first-order valence-electron chi connectivity index (χ1n) is 22.1. The number of benzene rings is 9. The van der Waals surface area contributed by atoms with Crippen LogP contribution in [0.3, 0.4) is 0 Å². The highest BCUT2D eigenvalue weighted by atomic mass is 16.3.